The lowest BCUT2D eigenvalue weighted by molar-refractivity contribution is -0.0275. The molecular weight excluding hydrogens is 319 g/mol. The summed E-state index contributed by atoms with van der Waals surface area (Å²) in [5, 5.41) is 0. The summed E-state index contributed by atoms with van der Waals surface area (Å²) in [5.41, 5.74) is 3.91. The number of aryl methyl sites for hydroxylation is 1. The highest BCUT2D eigenvalue weighted by Gasteiger charge is 2.25. The van der Waals surface area contributed by atoms with Gasteiger partial charge in [0.2, 0.25) is 0 Å². The quantitative estimate of drug-likeness (QED) is 0.779. The fourth-order valence-electron chi connectivity index (χ4n) is 3.58. The van der Waals surface area contributed by atoms with Crippen molar-refractivity contribution in [3.63, 3.8) is 0 Å². The van der Waals surface area contributed by atoms with Crippen molar-refractivity contribution >= 4 is 5.78 Å². The van der Waals surface area contributed by atoms with Crippen molar-refractivity contribution in [2.75, 3.05) is 26.2 Å². The maximum absolute atomic E-state index is 13.1. The van der Waals surface area contributed by atoms with E-state index in [1.54, 1.807) is 12.1 Å². The molecule has 1 aromatic heterocycles. The summed E-state index contributed by atoms with van der Waals surface area (Å²) < 4.78 is 21.1. The second-order valence-corrected chi connectivity index (χ2v) is 6.60. The minimum absolute atomic E-state index is 0.120. The summed E-state index contributed by atoms with van der Waals surface area (Å²) >= 11 is 0. The number of rotatable bonds is 5. The second kappa shape index (κ2) is 7.50. The average molecular weight is 344 g/mol. The number of hydrogen-bond donors (Lipinski definition) is 0. The number of Topliss-reactive ketones (excluding diaryl/α,β-unsaturated/α-hetero) is 1. The first-order valence-electron chi connectivity index (χ1n) is 8.79. The van der Waals surface area contributed by atoms with Crippen LogP contribution in [0.25, 0.3) is 0 Å². The van der Waals surface area contributed by atoms with Gasteiger partial charge in [0.1, 0.15) is 5.82 Å². The Bertz CT molecular complexity index is 752. The number of nitrogens with zero attached hydrogens (tertiary/aromatic N) is 2. The summed E-state index contributed by atoms with van der Waals surface area (Å²) in [6.45, 7) is 9.33. The first-order valence-corrected chi connectivity index (χ1v) is 8.79. The van der Waals surface area contributed by atoms with Crippen molar-refractivity contribution in [2.45, 2.75) is 33.4 Å². The monoisotopic (exact) mass is 344 g/mol. The second-order valence-electron chi connectivity index (χ2n) is 6.60. The van der Waals surface area contributed by atoms with E-state index < -0.39 is 0 Å². The van der Waals surface area contributed by atoms with Crippen molar-refractivity contribution in [1.29, 1.82) is 0 Å². The third-order valence-corrected chi connectivity index (χ3v) is 4.95. The summed E-state index contributed by atoms with van der Waals surface area (Å²) in [5.74, 6) is -0.106. The minimum Gasteiger partial charge on any atom is -0.371 e. The van der Waals surface area contributed by atoms with Gasteiger partial charge >= 0.3 is 0 Å². The Kier molecular flexibility index (Phi) is 5.35. The van der Waals surface area contributed by atoms with Gasteiger partial charge in [-0.2, -0.15) is 0 Å². The molecule has 1 atom stereocenters. The van der Waals surface area contributed by atoms with Gasteiger partial charge in [0, 0.05) is 36.6 Å². The molecule has 2 heterocycles. The zero-order valence-corrected chi connectivity index (χ0v) is 15.1. The molecule has 0 amide bonds. The molecule has 1 aliphatic heterocycles. The Morgan fingerprint density at radius 3 is 2.64 bits per heavy atom. The zero-order valence-electron chi connectivity index (χ0n) is 15.1. The summed E-state index contributed by atoms with van der Waals surface area (Å²) in [6.07, 6.45) is -0.120. The maximum atomic E-state index is 13.1. The van der Waals surface area contributed by atoms with E-state index in [-0.39, 0.29) is 17.7 Å². The zero-order chi connectivity index (χ0) is 18.0. The minimum atomic E-state index is -0.252. The van der Waals surface area contributed by atoms with Crippen LogP contribution in [0.15, 0.2) is 30.3 Å². The number of benzene rings is 1. The summed E-state index contributed by atoms with van der Waals surface area (Å²) in [6, 6.07) is 8.38. The Balaban J connectivity index is 1.68. The van der Waals surface area contributed by atoms with E-state index in [1.165, 1.54) is 12.1 Å². The number of hydrogen-bond acceptors (Lipinski definition) is 3. The molecular formula is C20H25FN2O2. The molecule has 2 aromatic rings. The third kappa shape index (κ3) is 3.83. The van der Waals surface area contributed by atoms with Crippen molar-refractivity contribution in [3.05, 3.63) is 58.7 Å². The van der Waals surface area contributed by atoms with Crippen molar-refractivity contribution in [2.24, 2.45) is 0 Å². The lowest BCUT2D eigenvalue weighted by atomic mass is 10.1. The first-order chi connectivity index (χ1) is 12.0. The van der Waals surface area contributed by atoms with E-state index in [1.807, 2.05) is 19.9 Å². The number of aromatic nitrogens is 1. The normalized spacial score (nSPS) is 18.5. The average Bonchev–Trinajstić information content (AvgIpc) is 2.89. The van der Waals surface area contributed by atoms with Gasteiger partial charge < -0.3 is 9.30 Å². The molecule has 0 N–H and O–H groups in total. The van der Waals surface area contributed by atoms with Crippen LogP contribution in [0.1, 0.15) is 40.3 Å². The molecule has 0 spiro atoms. The van der Waals surface area contributed by atoms with Crippen LogP contribution < -0.4 is 0 Å². The standard InChI is InChI=1S/C20H25FN2O2/c1-4-23-14(2)11-18(15(23)3)19(24)12-22-9-10-25-20(13-22)16-5-7-17(21)8-6-16/h5-8,11,20H,4,9-10,12-13H2,1-3H3/t20-/m0/s1. The molecule has 1 saturated heterocycles. The Labute approximate surface area is 148 Å². The highest BCUT2D eigenvalue weighted by atomic mass is 19.1. The molecule has 25 heavy (non-hydrogen) atoms. The van der Waals surface area contributed by atoms with Crippen LogP contribution in [0, 0.1) is 19.7 Å². The van der Waals surface area contributed by atoms with E-state index in [9.17, 15) is 9.18 Å². The molecule has 5 heteroatoms. The smallest absolute Gasteiger partial charge is 0.178 e. The van der Waals surface area contributed by atoms with E-state index in [0.717, 1.165) is 35.6 Å². The number of carbonyl (C=O) groups is 1. The van der Waals surface area contributed by atoms with E-state index in [0.29, 0.717) is 19.7 Å². The topological polar surface area (TPSA) is 34.5 Å². The predicted octanol–water partition coefficient (Wildman–Crippen LogP) is 3.52. The molecule has 0 saturated carbocycles. The lowest BCUT2D eigenvalue weighted by Gasteiger charge is -2.32. The van der Waals surface area contributed by atoms with Crippen molar-refractivity contribution in [1.82, 2.24) is 9.47 Å². The molecule has 1 aromatic carbocycles. The molecule has 0 radical (unpaired) electrons. The predicted molar refractivity (Wildman–Crippen MR) is 95.4 cm³/mol. The van der Waals surface area contributed by atoms with Gasteiger partial charge in [-0.15, -0.1) is 0 Å². The molecule has 0 aliphatic carbocycles. The highest BCUT2D eigenvalue weighted by molar-refractivity contribution is 5.99. The molecule has 134 valence electrons. The number of halogens is 1. The van der Waals surface area contributed by atoms with Crippen LogP contribution >= 0.6 is 0 Å². The SMILES string of the molecule is CCn1c(C)cc(C(=O)CN2CCO[C@H](c3ccc(F)cc3)C2)c1C. The highest BCUT2D eigenvalue weighted by Crippen LogP contribution is 2.23. The van der Waals surface area contributed by atoms with Crippen LogP contribution in [0.5, 0.6) is 0 Å². The molecule has 3 rings (SSSR count). The van der Waals surface area contributed by atoms with Gasteiger partial charge in [-0.25, -0.2) is 4.39 Å². The van der Waals surface area contributed by atoms with Crippen LogP contribution in [0.4, 0.5) is 4.39 Å². The van der Waals surface area contributed by atoms with E-state index in [4.69, 9.17) is 4.74 Å². The van der Waals surface area contributed by atoms with Gasteiger partial charge in [-0.1, -0.05) is 12.1 Å². The molecule has 4 nitrogen and oxygen atoms in total. The molecule has 1 aliphatic rings. The molecule has 0 bridgehead atoms. The van der Waals surface area contributed by atoms with Crippen LogP contribution in [-0.4, -0.2) is 41.5 Å². The Morgan fingerprint density at radius 1 is 1.28 bits per heavy atom. The summed E-state index contributed by atoms with van der Waals surface area (Å²) in [7, 11) is 0. The number of morpholine rings is 1. The first kappa shape index (κ1) is 17.8. The van der Waals surface area contributed by atoms with Gasteiger partial charge in [0.15, 0.2) is 5.78 Å². The van der Waals surface area contributed by atoms with E-state index >= 15 is 0 Å². The Morgan fingerprint density at radius 2 is 2.00 bits per heavy atom. The fourth-order valence-corrected chi connectivity index (χ4v) is 3.58. The van der Waals surface area contributed by atoms with Crippen molar-refractivity contribution in [3.8, 4) is 0 Å². The number of carbonyl (C=O) groups excluding carboxylic acids is 1. The van der Waals surface area contributed by atoms with E-state index in [2.05, 4.69) is 16.4 Å². The lowest BCUT2D eigenvalue weighted by Crippen LogP contribution is -2.41. The number of ketones is 1. The van der Waals surface area contributed by atoms with Crippen molar-refractivity contribution < 1.29 is 13.9 Å². The molecule has 1 fully saturated rings. The molecule has 0 unspecified atom stereocenters. The van der Waals surface area contributed by atoms with Gasteiger partial charge in [-0.3, -0.25) is 9.69 Å². The van der Waals surface area contributed by atoms with Crippen LogP contribution in [-0.2, 0) is 11.3 Å². The fraction of sp³-hybridized carbons (Fsp3) is 0.450. The largest absolute Gasteiger partial charge is 0.371 e. The van der Waals surface area contributed by atoms with Gasteiger partial charge in [0.05, 0.1) is 19.3 Å². The maximum Gasteiger partial charge on any atom is 0.178 e. The third-order valence-electron chi connectivity index (χ3n) is 4.95. The van der Waals surface area contributed by atoms with Crippen LogP contribution in [0.3, 0.4) is 0 Å². The van der Waals surface area contributed by atoms with Gasteiger partial charge in [0.25, 0.3) is 0 Å². The number of ether oxygens (including phenoxy) is 1. The van der Waals surface area contributed by atoms with Crippen LogP contribution in [0.2, 0.25) is 0 Å². The summed E-state index contributed by atoms with van der Waals surface area (Å²) in [4.78, 5) is 14.9. The Hall–Kier alpha value is -1.98. The van der Waals surface area contributed by atoms with Gasteiger partial charge in [-0.05, 0) is 44.5 Å².